The molecule has 0 heterocycles. The van der Waals surface area contributed by atoms with Crippen LogP contribution in [0.4, 0.5) is 5.69 Å². The molecule has 1 atom stereocenters. The fourth-order valence-corrected chi connectivity index (χ4v) is 3.44. The monoisotopic (exact) mass is 424 g/mol. The molecule has 0 aliphatic carbocycles. The van der Waals surface area contributed by atoms with E-state index in [4.69, 9.17) is 9.47 Å². The number of aliphatic hydroxyl groups is 1. The molecule has 0 bridgehead atoms. The summed E-state index contributed by atoms with van der Waals surface area (Å²) in [6.45, 7) is 1.05. The third kappa shape index (κ3) is 7.45. The molecule has 0 aliphatic heterocycles. The van der Waals surface area contributed by atoms with Crippen LogP contribution in [0.1, 0.15) is 11.1 Å². The lowest BCUT2D eigenvalue weighted by Crippen LogP contribution is -2.29. The zero-order chi connectivity index (χ0) is 21.4. The summed E-state index contributed by atoms with van der Waals surface area (Å²) in [6, 6.07) is 10.3. The number of aliphatic hydroxyl groups excluding tert-OH is 1. The van der Waals surface area contributed by atoms with Crippen molar-refractivity contribution < 1.29 is 28.1 Å². The number of methoxy groups -OCH3 is 2. The Morgan fingerprint density at radius 2 is 1.72 bits per heavy atom. The minimum Gasteiger partial charge on any atom is -0.506 e. The van der Waals surface area contributed by atoms with Crippen LogP contribution in [0.25, 0.3) is 0 Å². The fourth-order valence-electron chi connectivity index (χ4n) is 2.87. The van der Waals surface area contributed by atoms with Gasteiger partial charge in [0.05, 0.1) is 32.3 Å². The molecule has 0 fully saturated rings. The Morgan fingerprint density at radius 1 is 1.03 bits per heavy atom. The molecule has 0 saturated heterocycles. The molecule has 0 radical (unpaired) electrons. The molecule has 0 saturated carbocycles. The summed E-state index contributed by atoms with van der Waals surface area (Å²) < 4.78 is 35.5. The van der Waals surface area contributed by atoms with Gasteiger partial charge in [-0.1, -0.05) is 12.1 Å². The van der Waals surface area contributed by atoms with Crippen LogP contribution in [0.5, 0.6) is 17.2 Å². The van der Waals surface area contributed by atoms with Crippen LogP contribution in [0.15, 0.2) is 36.4 Å². The summed E-state index contributed by atoms with van der Waals surface area (Å²) in [5, 5.41) is 23.2. The van der Waals surface area contributed by atoms with Crippen molar-refractivity contribution in [3.8, 4) is 17.2 Å². The van der Waals surface area contributed by atoms with Gasteiger partial charge in [0.1, 0.15) is 5.75 Å². The van der Waals surface area contributed by atoms with Crippen LogP contribution < -0.4 is 19.5 Å². The van der Waals surface area contributed by atoms with Crippen molar-refractivity contribution in [2.45, 2.75) is 18.9 Å². The molecule has 0 aliphatic rings. The van der Waals surface area contributed by atoms with Crippen molar-refractivity contribution in [1.82, 2.24) is 5.32 Å². The molecule has 160 valence electrons. The van der Waals surface area contributed by atoms with Gasteiger partial charge in [0, 0.05) is 6.54 Å². The number of sulfonamides is 1. The van der Waals surface area contributed by atoms with Gasteiger partial charge in [-0.15, -0.1) is 0 Å². The average molecular weight is 425 g/mol. The van der Waals surface area contributed by atoms with Gasteiger partial charge in [0.2, 0.25) is 10.0 Å². The normalized spacial score (nSPS) is 12.4. The standard InChI is InChI=1S/C20H28N2O6S/c1-27-19-7-5-14(12-20(19)28-2)8-9-21-13-16(23)10-15-4-6-18(24)17(11-15)22-29(3,25)26/h4-7,11-12,16,21-24H,8-10,13H2,1-3H3. The number of hydrogen-bond donors (Lipinski definition) is 4. The third-order valence-corrected chi connectivity index (χ3v) is 4.84. The maximum absolute atomic E-state index is 11.4. The van der Waals surface area contributed by atoms with Gasteiger partial charge in [-0.25, -0.2) is 8.42 Å². The van der Waals surface area contributed by atoms with Gasteiger partial charge < -0.3 is 25.0 Å². The largest absolute Gasteiger partial charge is 0.506 e. The van der Waals surface area contributed by atoms with Crippen LogP contribution in [-0.2, 0) is 22.9 Å². The number of anilines is 1. The molecular formula is C20H28N2O6S. The summed E-state index contributed by atoms with van der Waals surface area (Å²) in [7, 11) is -0.314. The summed E-state index contributed by atoms with van der Waals surface area (Å²) in [5.74, 6) is 1.19. The first-order valence-corrected chi connectivity index (χ1v) is 11.0. The van der Waals surface area contributed by atoms with Crippen molar-refractivity contribution in [2.24, 2.45) is 0 Å². The molecule has 0 aromatic heterocycles. The Bertz CT molecular complexity index is 917. The lowest BCUT2D eigenvalue weighted by Gasteiger charge is -2.14. The molecular weight excluding hydrogens is 396 g/mol. The Labute approximate surface area is 171 Å². The van der Waals surface area contributed by atoms with E-state index < -0.39 is 16.1 Å². The highest BCUT2D eigenvalue weighted by Crippen LogP contribution is 2.28. The molecule has 29 heavy (non-hydrogen) atoms. The molecule has 2 aromatic carbocycles. The summed E-state index contributed by atoms with van der Waals surface area (Å²) in [6.07, 6.45) is 1.43. The van der Waals surface area contributed by atoms with E-state index in [0.29, 0.717) is 36.6 Å². The lowest BCUT2D eigenvalue weighted by atomic mass is 10.1. The number of ether oxygens (including phenoxy) is 2. The Kier molecular flexibility index (Phi) is 8.12. The van der Waals surface area contributed by atoms with Crippen LogP contribution in [0, 0.1) is 0 Å². The number of phenols is 1. The summed E-state index contributed by atoms with van der Waals surface area (Å²) in [4.78, 5) is 0. The highest BCUT2D eigenvalue weighted by Gasteiger charge is 2.11. The second-order valence-electron chi connectivity index (χ2n) is 6.73. The average Bonchev–Trinajstić information content (AvgIpc) is 2.66. The van der Waals surface area contributed by atoms with E-state index in [2.05, 4.69) is 10.0 Å². The SMILES string of the molecule is COc1ccc(CCNCC(O)Cc2ccc(O)c(NS(C)(=O)=O)c2)cc1OC. The predicted octanol–water partition coefficient (Wildman–Crippen LogP) is 1.52. The van der Waals surface area contributed by atoms with Gasteiger partial charge in [-0.3, -0.25) is 4.72 Å². The van der Waals surface area contributed by atoms with Crippen molar-refractivity contribution in [1.29, 1.82) is 0 Å². The third-order valence-electron chi connectivity index (χ3n) is 4.25. The van der Waals surface area contributed by atoms with Gasteiger partial charge in [-0.2, -0.15) is 0 Å². The molecule has 1 unspecified atom stereocenters. The van der Waals surface area contributed by atoms with E-state index in [0.717, 1.165) is 18.2 Å². The van der Waals surface area contributed by atoms with Gasteiger partial charge in [-0.05, 0) is 54.8 Å². The Balaban J connectivity index is 1.83. The van der Waals surface area contributed by atoms with Crippen molar-refractivity contribution in [3.63, 3.8) is 0 Å². The van der Waals surface area contributed by atoms with Crippen LogP contribution in [0.3, 0.4) is 0 Å². The molecule has 2 aromatic rings. The van der Waals surface area contributed by atoms with Crippen LogP contribution >= 0.6 is 0 Å². The van der Waals surface area contributed by atoms with Gasteiger partial charge in [0.25, 0.3) is 0 Å². The van der Waals surface area contributed by atoms with Crippen molar-refractivity contribution in [3.05, 3.63) is 47.5 Å². The van der Waals surface area contributed by atoms with Crippen molar-refractivity contribution >= 4 is 15.7 Å². The van der Waals surface area contributed by atoms with E-state index in [1.54, 1.807) is 20.3 Å². The molecule has 4 N–H and O–H groups in total. The topological polar surface area (TPSA) is 117 Å². The zero-order valence-electron chi connectivity index (χ0n) is 16.8. The summed E-state index contributed by atoms with van der Waals surface area (Å²) in [5.41, 5.74) is 1.89. The summed E-state index contributed by atoms with van der Waals surface area (Å²) >= 11 is 0. The molecule has 0 spiro atoms. The second kappa shape index (κ2) is 10.3. The van der Waals surface area contributed by atoms with E-state index in [1.165, 1.54) is 12.1 Å². The highest BCUT2D eigenvalue weighted by atomic mass is 32.2. The Hall–Kier alpha value is -2.49. The number of phenolic OH excluding ortho intramolecular Hbond substituents is 1. The molecule has 2 rings (SSSR count). The highest BCUT2D eigenvalue weighted by molar-refractivity contribution is 7.92. The lowest BCUT2D eigenvalue weighted by molar-refractivity contribution is 0.172. The maximum atomic E-state index is 11.4. The van der Waals surface area contributed by atoms with Crippen LogP contribution in [-0.4, -0.2) is 58.3 Å². The van der Waals surface area contributed by atoms with E-state index >= 15 is 0 Å². The first kappa shape index (κ1) is 22.8. The van der Waals surface area contributed by atoms with Crippen molar-refractivity contribution in [2.75, 3.05) is 38.3 Å². The number of nitrogens with one attached hydrogen (secondary N) is 2. The van der Waals surface area contributed by atoms with E-state index in [1.807, 2.05) is 18.2 Å². The van der Waals surface area contributed by atoms with E-state index in [9.17, 15) is 18.6 Å². The molecule has 0 amide bonds. The Morgan fingerprint density at radius 3 is 2.38 bits per heavy atom. The van der Waals surface area contributed by atoms with Gasteiger partial charge in [0.15, 0.2) is 11.5 Å². The zero-order valence-corrected chi connectivity index (χ0v) is 17.6. The maximum Gasteiger partial charge on any atom is 0.229 e. The molecule has 9 heteroatoms. The second-order valence-corrected chi connectivity index (χ2v) is 8.48. The number of hydrogen-bond acceptors (Lipinski definition) is 7. The minimum atomic E-state index is -3.50. The number of aromatic hydroxyl groups is 1. The van der Waals surface area contributed by atoms with E-state index in [-0.39, 0.29) is 11.4 Å². The fraction of sp³-hybridized carbons (Fsp3) is 0.400. The first-order valence-electron chi connectivity index (χ1n) is 9.11. The number of benzene rings is 2. The minimum absolute atomic E-state index is 0.0959. The smallest absolute Gasteiger partial charge is 0.229 e. The quantitative estimate of drug-likeness (QED) is 0.319. The van der Waals surface area contributed by atoms with Gasteiger partial charge >= 0.3 is 0 Å². The first-order chi connectivity index (χ1) is 13.7. The predicted molar refractivity (Wildman–Crippen MR) is 112 cm³/mol. The number of rotatable bonds is 11. The van der Waals surface area contributed by atoms with Crippen LogP contribution in [0.2, 0.25) is 0 Å². The molecule has 8 nitrogen and oxygen atoms in total.